The van der Waals surface area contributed by atoms with E-state index in [1.165, 1.54) is 12.8 Å². The molecule has 0 aliphatic carbocycles. The molecular formula is C17H32OSi. The minimum absolute atomic E-state index is 0.313. The van der Waals surface area contributed by atoms with Crippen LogP contribution in [0.25, 0.3) is 0 Å². The fraction of sp³-hybridized carbons (Fsp3) is 0.765. The summed E-state index contributed by atoms with van der Waals surface area (Å²) in [5.41, 5.74) is 0. The highest BCUT2D eigenvalue weighted by Gasteiger charge is 2.36. The van der Waals surface area contributed by atoms with Crippen LogP contribution in [0.3, 0.4) is 0 Å². The van der Waals surface area contributed by atoms with Gasteiger partial charge < -0.3 is 4.43 Å². The monoisotopic (exact) mass is 280 g/mol. The van der Waals surface area contributed by atoms with Crippen molar-refractivity contribution in [3.63, 3.8) is 0 Å². The van der Waals surface area contributed by atoms with E-state index in [2.05, 4.69) is 58.7 Å². The van der Waals surface area contributed by atoms with Crippen LogP contribution in [0.5, 0.6) is 0 Å². The molecule has 0 bridgehead atoms. The third-order valence-electron chi connectivity index (χ3n) is 3.74. The summed E-state index contributed by atoms with van der Waals surface area (Å²) in [7, 11) is -1.55. The fourth-order valence-corrected chi connectivity index (χ4v) is 2.37. The third kappa shape index (κ3) is 9.08. The summed E-state index contributed by atoms with van der Waals surface area (Å²) < 4.78 is 6.12. The zero-order valence-electron chi connectivity index (χ0n) is 13.8. The van der Waals surface area contributed by atoms with Crippen molar-refractivity contribution in [1.82, 2.24) is 0 Å². The molecular weight excluding hydrogens is 248 g/mol. The van der Waals surface area contributed by atoms with Crippen molar-refractivity contribution in [3.05, 3.63) is 12.2 Å². The van der Waals surface area contributed by atoms with Crippen molar-refractivity contribution in [1.29, 1.82) is 0 Å². The smallest absolute Gasteiger partial charge is 0.191 e. The highest BCUT2D eigenvalue weighted by Crippen LogP contribution is 2.36. The first-order valence-electron chi connectivity index (χ1n) is 7.58. The van der Waals surface area contributed by atoms with Gasteiger partial charge in [-0.25, -0.2) is 0 Å². The Bertz CT molecular complexity index is 312. The first kappa shape index (κ1) is 18.5. The molecule has 0 N–H and O–H groups in total. The predicted octanol–water partition coefficient (Wildman–Crippen LogP) is 5.54. The number of allylic oxidation sites excluding steroid dienone is 2. The van der Waals surface area contributed by atoms with E-state index >= 15 is 0 Å². The van der Waals surface area contributed by atoms with Crippen LogP contribution in [0.1, 0.15) is 59.8 Å². The molecule has 1 nitrogen and oxygen atoms in total. The molecule has 0 fully saturated rings. The fourth-order valence-electron chi connectivity index (χ4n) is 1.28. The zero-order chi connectivity index (χ0) is 14.8. The molecule has 0 aromatic carbocycles. The van der Waals surface area contributed by atoms with Gasteiger partial charge in [-0.3, -0.25) is 0 Å². The van der Waals surface area contributed by atoms with Gasteiger partial charge in [-0.2, -0.15) is 0 Å². The lowest BCUT2D eigenvalue weighted by molar-refractivity contribution is 0.283. The van der Waals surface area contributed by atoms with Crippen molar-refractivity contribution in [2.24, 2.45) is 0 Å². The van der Waals surface area contributed by atoms with Crippen LogP contribution >= 0.6 is 0 Å². The second kappa shape index (κ2) is 9.39. The van der Waals surface area contributed by atoms with E-state index in [-0.39, 0.29) is 0 Å². The number of hydrogen-bond acceptors (Lipinski definition) is 1. The number of hydrogen-bond donors (Lipinski definition) is 0. The molecule has 0 spiro atoms. The van der Waals surface area contributed by atoms with E-state index in [1.807, 2.05) is 6.08 Å². The molecule has 2 heteroatoms. The van der Waals surface area contributed by atoms with Gasteiger partial charge in [0.05, 0.1) is 0 Å². The quantitative estimate of drug-likeness (QED) is 0.338. The Balaban J connectivity index is 3.70. The minimum atomic E-state index is -1.55. The molecule has 0 atom stereocenters. The van der Waals surface area contributed by atoms with Crippen molar-refractivity contribution >= 4 is 8.32 Å². The maximum atomic E-state index is 6.12. The van der Waals surface area contributed by atoms with Gasteiger partial charge in [0.25, 0.3) is 0 Å². The Labute approximate surface area is 122 Å². The molecule has 0 saturated carbocycles. The summed E-state index contributed by atoms with van der Waals surface area (Å²) >= 11 is 0. The van der Waals surface area contributed by atoms with Crippen LogP contribution in [0.4, 0.5) is 0 Å². The molecule has 0 amide bonds. The summed E-state index contributed by atoms with van der Waals surface area (Å²) in [5, 5.41) is 0.313. The minimum Gasteiger partial charge on any atom is -0.417 e. The van der Waals surface area contributed by atoms with Gasteiger partial charge in [0, 0.05) is 13.0 Å². The maximum Gasteiger partial charge on any atom is 0.191 e. The largest absolute Gasteiger partial charge is 0.417 e. The first-order valence-corrected chi connectivity index (χ1v) is 10.5. The Morgan fingerprint density at radius 2 is 1.84 bits per heavy atom. The van der Waals surface area contributed by atoms with Crippen LogP contribution < -0.4 is 0 Å². The van der Waals surface area contributed by atoms with E-state index in [9.17, 15) is 0 Å². The molecule has 0 aliphatic rings. The Hall–Kier alpha value is -0.523. The lowest BCUT2D eigenvalue weighted by Crippen LogP contribution is -2.40. The van der Waals surface area contributed by atoms with Crippen molar-refractivity contribution < 1.29 is 4.43 Å². The first-order chi connectivity index (χ1) is 8.81. The highest BCUT2D eigenvalue weighted by molar-refractivity contribution is 6.74. The van der Waals surface area contributed by atoms with Gasteiger partial charge in [0.15, 0.2) is 8.32 Å². The average Bonchev–Trinajstić information content (AvgIpc) is 2.30. The van der Waals surface area contributed by atoms with Gasteiger partial charge in [-0.1, -0.05) is 52.0 Å². The lowest BCUT2D eigenvalue weighted by Gasteiger charge is -2.36. The Morgan fingerprint density at radius 1 is 1.16 bits per heavy atom. The zero-order valence-corrected chi connectivity index (χ0v) is 14.8. The van der Waals surface area contributed by atoms with Gasteiger partial charge >= 0.3 is 0 Å². The van der Waals surface area contributed by atoms with E-state index < -0.39 is 8.32 Å². The molecule has 19 heavy (non-hydrogen) atoms. The summed E-state index contributed by atoms with van der Waals surface area (Å²) in [6.07, 6.45) is 9.77. The summed E-state index contributed by atoms with van der Waals surface area (Å²) in [4.78, 5) is 0. The Kier molecular flexibility index (Phi) is 9.13. The van der Waals surface area contributed by atoms with Crippen molar-refractivity contribution in [2.75, 3.05) is 6.61 Å². The summed E-state index contributed by atoms with van der Waals surface area (Å²) in [6, 6.07) is 0. The van der Waals surface area contributed by atoms with Crippen LogP contribution in [0.15, 0.2) is 12.2 Å². The van der Waals surface area contributed by atoms with Crippen LogP contribution in [-0.4, -0.2) is 14.9 Å². The second-order valence-corrected chi connectivity index (χ2v) is 11.4. The molecule has 0 unspecified atom stereocenters. The predicted molar refractivity (Wildman–Crippen MR) is 88.8 cm³/mol. The molecule has 0 aromatic heterocycles. The summed E-state index contributed by atoms with van der Waals surface area (Å²) in [6.45, 7) is 14.5. The molecule has 0 aromatic rings. The molecule has 0 radical (unpaired) electrons. The van der Waals surface area contributed by atoms with E-state index in [0.717, 1.165) is 25.9 Å². The van der Waals surface area contributed by atoms with Gasteiger partial charge in [0.2, 0.25) is 0 Å². The van der Waals surface area contributed by atoms with Gasteiger partial charge in [-0.05, 0) is 43.5 Å². The van der Waals surface area contributed by atoms with Crippen molar-refractivity contribution in [3.8, 4) is 11.8 Å². The topological polar surface area (TPSA) is 9.23 Å². The average molecular weight is 281 g/mol. The number of unbranched alkanes of at least 4 members (excludes halogenated alkanes) is 3. The van der Waals surface area contributed by atoms with E-state index in [4.69, 9.17) is 4.43 Å². The standard InChI is InChI=1S/C17H32OSi/c1-7-8-9-10-11-12-13-14-15-16-18-19(5,6)17(2,3)4/h12-13H,7-9,14-16H2,1-6H3/b13-12+. The van der Waals surface area contributed by atoms with Crippen LogP contribution in [-0.2, 0) is 4.43 Å². The second-order valence-electron chi connectivity index (χ2n) is 6.58. The van der Waals surface area contributed by atoms with Crippen LogP contribution in [0, 0.1) is 11.8 Å². The highest BCUT2D eigenvalue weighted by atomic mass is 28.4. The SMILES string of the molecule is CCCCC#C/C=C/CCCO[Si](C)(C)C(C)(C)C. The van der Waals surface area contributed by atoms with Gasteiger partial charge in [0.1, 0.15) is 0 Å². The van der Waals surface area contributed by atoms with Crippen molar-refractivity contribution in [2.45, 2.75) is 77.9 Å². The molecule has 0 heterocycles. The van der Waals surface area contributed by atoms with E-state index in [0.29, 0.717) is 5.04 Å². The Morgan fingerprint density at radius 3 is 2.42 bits per heavy atom. The maximum absolute atomic E-state index is 6.12. The van der Waals surface area contributed by atoms with Crippen LogP contribution in [0.2, 0.25) is 18.1 Å². The molecule has 0 aliphatic heterocycles. The van der Waals surface area contributed by atoms with E-state index in [1.54, 1.807) is 0 Å². The molecule has 0 saturated heterocycles. The summed E-state index contributed by atoms with van der Waals surface area (Å²) in [5.74, 6) is 6.25. The third-order valence-corrected chi connectivity index (χ3v) is 8.28. The normalized spacial score (nSPS) is 12.5. The van der Waals surface area contributed by atoms with Gasteiger partial charge in [-0.15, -0.1) is 0 Å². The lowest BCUT2D eigenvalue weighted by atomic mass is 10.2. The number of rotatable bonds is 7. The molecule has 110 valence electrons. The molecule has 0 rings (SSSR count).